The molecule has 122 valence electrons. The molecule has 1 spiro atoms. The Bertz CT molecular complexity index is 694. The van der Waals surface area contributed by atoms with E-state index in [4.69, 9.17) is 9.47 Å². The summed E-state index contributed by atoms with van der Waals surface area (Å²) in [5, 5.41) is 6.42. The normalized spacial score (nSPS) is 20.3. The van der Waals surface area contributed by atoms with Crippen LogP contribution in [0.1, 0.15) is 23.3 Å². The van der Waals surface area contributed by atoms with Crippen LogP contribution in [-0.4, -0.2) is 52.7 Å². The summed E-state index contributed by atoms with van der Waals surface area (Å²) in [6.07, 6.45) is 1.45. The van der Waals surface area contributed by atoms with E-state index in [0.717, 1.165) is 23.4 Å². The van der Waals surface area contributed by atoms with Gasteiger partial charge in [-0.25, -0.2) is 0 Å². The van der Waals surface area contributed by atoms with Crippen molar-refractivity contribution in [2.75, 3.05) is 26.3 Å². The zero-order chi connectivity index (χ0) is 15.9. The lowest BCUT2D eigenvalue weighted by atomic mass is 10.0. The summed E-state index contributed by atoms with van der Waals surface area (Å²) in [6, 6.07) is 5.91. The first-order chi connectivity index (χ1) is 11.2. The number of likely N-dealkylation sites (tertiary alicyclic amines) is 1. The molecule has 4 rings (SSSR count). The molecule has 4 heterocycles. The van der Waals surface area contributed by atoms with Crippen LogP contribution in [0.2, 0.25) is 0 Å². The minimum Gasteiger partial charge on any atom is -0.347 e. The van der Waals surface area contributed by atoms with Crippen LogP contribution in [0.4, 0.5) is 0 Å². The van der Waals surface area contributed by atoms with Gasteiger partial charge in [0.05, 0.1) is 23.8 Å². The molecule has 0 unspecified atom stereocenters. The van der Waals surface area contributed by atoms with E-state index < -0.39 is 5.79 Å². The number of thiophene rings is 1. The molecule has 0 aliphatic carbocycles. The van der Waals surface area contributed by atoms with Crippen molar-refractivity contribution >= 4 is 17.2 Å². The molecular weight excluding hydrogens is 314 g/mol. The summed E-state index contributed by atoms with van der Waals surface area (Å²) in [4.78, 5) is 15.7. The second-order valence-corrected chi connectivity index (χ2v) is 6.86. The number of piperidine rings is 1. The molecule has 2 aliphatic heterocycles. The maximum atomic E-state index is 12.7. The lowest BCUT2D eigenvalue weighted by Gasteiger charge is -2.37. The molecule has 0 aromatic carbocycles. The van der Waals surface area contributed by atoms with Gasteiger partial charge >= 0.3 is 0 Å². The van der Waals surface area contributed by atoms with Crippen LogP contribution in [0, 0.1) is 0 Å². The Labute approximate surface area is 138 Å². The van der Waals surface area contributed by atoms with E-state index in [1.807, 2.05) is 35.5 Å². The lowest BCUT2D eigenvalue weighted by molar-refractivity contribution is -0.181. The van der Waals surface area contributed by atoms with Gasteiger partial charge in [0.2, 0.25) is 0 Å². The molecule has 0 bridgehead atoms. The highest BCUT2D eigenvalue weighted by Gasteiger charge is 2.41. The van der Waals surface area contributed by atoms with Gasteiger partial charge in [-0.2, -0.15) is 5.10 Å². The number of hydrogen-bond acceptors (Lipinski definition) is 5. The fraction of sp³-hybridized carbons (Fsp3) is 0.500. The van der Waals surface area contributed by atoms with Gasteiger partial charge < -0.3 is 14.4 Å². The van der Waals surface area contributed by atoms with Gasteiger partial charge in [-0.1, -0.05) is 6.07 Å². The zero-order valence-corrected chi connectivity index (χ0v) is 13.8. The molecule has 2 aliphatic rings. The maximum Gasteiger partial charge on any atom is 0.274 e. The topological polar surface area (TPSA) is 56.6 Å². The average molecular weight is 333 g/mol. The largest absolute Gasteiger partial charge is 0.347 e. The van der Waals surface area contributed by atoms with Crippen molar-refractivity contribution in [1.82, 2.24) is 14.7 Å². The predicted octanol–water partition coefficient (Wildman–Crippen LogP) is 2.13. The van der Waals surface area contributed by atoms with Crippen LogP contribution in [0.5, 0.6) is 0 Å². The molecule has 2 aromatic heterocycles. The van der Waals surface area contributed by atoms with Crippen LogP contribution in [0.15, 0.2) is 23.6 Å². The molecule has 2 saturated heterocycles. The van der Waals surface area contributed by atoms with E-state index in [2.05, 4.69) is 5.10 Å². The van der Waals surface area contributed by atoms with E-state index in [-0.39, 0.29) is 5.91 Å². The Morgan fingerprint density at radius 2 is 2.04 bits per heavy atom. The summed E-state index contributed by atoms with van der Waals surface area (Å²) in [7, 11) is 1.87. The number of ether oxygens (including phenoxy) is 2. The number of nitrogens with zero attached hydrogens (tertiary/aromatic N) is 3. The zero-order valence-electron chi connectivity index (χ0n) is 13.0. The predicted molar refractivity (Wildman–Crippen MR) is 86.3 cm³/mol. The molecule has 0 saturated carbocycles. The van der Waals surface area contributed by atoms with Gasteiger partial charge in [0, 0.05) is 33.0 Å². The van der Waals surface area contributed by atoms with Crippen LogP contribution in [0.25, 0.3) is 10.6 Å². The van der Waals surface area contributed by atoms with Crippen LogP contribution in [-0.2, 0) is 16.5 Å². The first-order valence-electron chi connectivity index (χ1n) is 7.82. The molecule has 0 N–H and O–H groups in total. The van der Waals surface area contributed by atoms with Gasteiger partial charge in [-0.3, -0.25) is 9.48 Å². The number of carbonyl (C=O) groups excluding carboxylic acids is 1. The third kappa shape index (κ3) is 2.69. The minimum absolute atomic E-state index is 0.0174. The lowest BCUT2D eigenvalue weighted by Crippen LogP contribution is -2.47. The van der Waals surface area contributed by atoms with Crippen LogP contribution < -0.4 is 0 Å². The van der Waals surface area contributed by atoms with Crippen molar-refractivity contribution in [3.63, 3.8) is 0 Å². The fourth-order valence-corrected chi connectivity index (χ4v) is 4.00. The molecule has 23 heavy (non-hydrogen) atoms. The smallest absolute Gasteiger partial charge is 0.274 e. The molecule has 6 nitrogen and oxygen atoms in total. The third-order valence-electron chi connectivity index (χ3n) is 4.50. The van der Waals surface area contributed by atoms with Gasteiger partial charge in [-0.05, 0) is 17.5 Å². The number of amides is 1. The van der Waals surface area contributed by atoms with Crippen LogP contribution >= 0.6 is 11.3 Å². The minimum atomic E-state index is -0.455. The maximum absolute atomic E-state index is 12.7. The fourth-order valence-electron chi connectivity index (χ4n) is 3.22. The third-order valence-corrected chi connectivity index (χ3v) is 5.39. The van der Waals surface area contributed by atoms with Crippen molar-refractivity contribution < 1.29 is 14.3 Å². The summed E-state index contributed by atoms with van der Waals surface area (Å²) in [6.45, 7) is 2.59. The van der Waals surface area contributed by atoms with Crippen molar-refractivity contribution in [2.24, 2.45) is 7.05 Å². The summed E-state index contributed by atoms with van der Waals surface area (Å²) < 4.78 is 13.2. The number of rotatable bonds is 2. The summed E-state index contributed by atoms with van der Waals surface area (Å²) in [5.41, 5.74) is 1.47. The number of aryl methyl sites for hydroxylation is 1. The van der Waals surface area contributed by atoms with Crippen molar-refractivity contribution in [2.45, 2.75) is 18.6 Å². The Hall–Kier alpha value is -1.70. The molecule has 0 atom stereocenters. The highest BCUT2D eigenvalue weighted by molar-refractivity contribution is 7.13. The van der Waals surface area contributed by atoms with E-state index in [1.54, 1.807) is 16.0 Å². The first-order valence-corrected chi connectivity index (χ1v) is 8.70. The highest BCUT2D eigenvalue weighted by atomic mass is 32.1. The Morgan fingerprint density at radius 3 is 2.70 bits per heavy atom. The number of carbonyl (C=O) groups is 1. The van der Waals surface area contributed by atoms with Crippen LogP contribution in [0.3, 0.4) is 0 Å². The van der Waals surface area contributed by atoms with Gasteiger partial charge in [0.25, 0.3) is 5.91 Å². The Kier molecular flexibility index (Phi) is 3.71. The molecular formula is C16H19N3O3S. The van der Waals surface area contributed by atoms with E-state index in [0.29, 0.717) is 32.0 Å². The standard InChI is InChI=1S/C16H19N3O3S/c1-18-13(14-3-2-10-23-14)11-12(17-18)15(20)19-6-4-16(5-7-19)21-8-9-22-16/h2-3,10-11H,4-9H2,1H3. The average Bonchev–Trinajstić information content (AvgIpc) is 3.28. The highest BCUT2D eigenvalue weighted by Crippen LogP contribution is 2.32. The van der Waals surface area contributed by atoms with Gasteiger partial charge in [0.15, 0.2) is 11.5 Å². The molecule has 2 aromatic rings. The SMILES string of the molecule is Cn1nc(C(=O)N2CCC3(CC2)OCCO3)cc1-c1cccs1. The Morgan fingerprint density at radius 1 is 1.30 bits per heavy atom. The monoisotopic (exact) mass is 333 g/mol. The number of aromatic nitrogens is 2. The molecule has 0 radical (unpaired) electrons. The second-order valence-electron chi connectivity index (χ2n) is 5.92. The molecule has 7 heteroatoms. The van der Waals surface area contributed by atoms with Gasteiger partial charge in [-0.15, -0.1) is 11.3 Å². The molecule has 2 fully saturated rings. The number of hydrogen-bond donors (Lipinski definition) is 0. The van der Waals surface area contributed by atoms with E-state index in [9.17, 15) is 4.79 Å². The molecule has 1 amide bonds. The van der Waals surface area contributed by atoms with E-state index in [1.165, 1.54) is 0 Å². The van der Waals surface area contributed by atoms with E-state index >= 15 is 0 Å². The van der Waals surface area contributed by atoms with Crippen molar-refractivity contribution in [3.8, 4) is 10.6 Å². The van der Waals surface area contributed by atoms with Gasteiger partial charge in [0.1, 0.15) is 0 Å². The second kappa shape index (κ2) is 5.74. The quantitative estimate of drug-likeness (QED) is 0.845. The first kappa shape index (κ1) is 14.9. The van der Waals surface area contributed by atoms with Crippen molar-refractivity contribution in [3.05, 3.63) is 29.3 Å². The summed E-state index contributed by atoms with van der Waals surface area (Å²) in [5.74, 6) is -0.473. The summed E-state index contributed by atoms with van der Waals surface area (Å²) >= 11 is 1.64. The Balaban J connectivity index is 1.48. The van der Waals surface area contributed by atoms with Crippen molar-refractivity contribution in [1.29, 1.82) is 0 Å².